The summed E-state index contributed by atoms with van der Waals surface area (Å²) in [6.07, 6.45) is 3.60. The zero-order valence-electron chi connectivity index (χ0n) is 20.8. The van der Waals surface area contributed by atoms with Crippen molar-refractivity contribution in [3.05, 3.63) is 106 Å². The van der Waals surface area contributed by atoms with E-state index >= 15 is 0 Å². The third kappa shape index (κ3) is 2.80. The molecule has 0 N–H and O–H groups in total. The molecule has 3 aromatic rings. The first kappa shape index (κ1) is 23.1. The first-order valence-corrected chi connectivity index (χ1v) is 12.5. The minimum absolute atomic E-state index is 0.168. The summed E-state index contributed by atoms with van der Waals surface area (Å²) < 4.78 is 11.0. The van der Waals surface area contributed by atoms with Gasteiger partial charge >= 0.3 is 5.97 Å². The van der Waals surface area contributed by atoms with Crippen molar-refractivity contribution >= 4 is 12.0 Å². The van der Waals surface area contributed by atoms with Crippen LogP contribution < -0.4 is 4.74 Å². The van der Waals surface area contributed by atoms with Crippen LogP contribution in [0.4, 0.5) is 0 Å². The van der Waals surface area contributed by atoms with Crippen LogP contribution >= 0.6 is 0 Å². The average Bonchev–Trinajstić information content (AvgIpc) is 3.27. The van der Waals surface area contributed by atoms with E-state index in [4.69, 9.17) is 9.47 Å². The molecule has 3 aliphatic carbocycles. The second-order valence-corrected chi connectivity index (χ2v) is 10.1. The van der Waals surface area contributed by atoms with Crippen molar-refractivity contribution < 1.29 is 14.3 Å². The van der Waals surface area contributed by atoms with E-state index in [1.54, 1.807) is 7.11 Å². The third-order valence-electron chi connectivity index (χ3n) is 8.85. The fourth-order valence-corrected chi connectivity index (χ4v) is 7.56. The van der Waals surface area contributed by atoms with Gasteiger partial charge in [-0.05, 0) is 64.3 Å². The van der Waals surface area contributed by atoms with Gasteiger partial charge in [-0.1, -0.05) is 66.7 Å². The van der Waals surface area contributed by atoms with Gasteiger partial charge in [0.2, 0.25) is 0 Å². The zero-order valence-corrected chi connectivity index (χ0v) is 20.8. The topological polar surface area (TPSA) is 83.1 Å². The van der Waals surface area contributed by atoms with Crippen LogP contribution in [0.1, 0.15) is 40.2 Å². The molecule has 1 fully saturated rings. The van der Waals surface area contributed by atoms with Gasteiger partial charge in [-0.25, -0.2) is 0 Å². The largest absolute Gasteiger partial charge is 0.497 e. The van der Waals surface area contributed by atoms with Crippen LogP contribution in [0, 0.1) is 34.5 Å². The van der Waals surface area contributed by atoms with Crippen molar-refractivity contribution in [2.45, 2.75) is 29.6 Å². The number of aryl methyl sites for hydroxylation is 1. The highest BCUT2D eigenvalue weighted by molar-refractivity contribution is 5.87. The molecule has 1 spiro atoms. The highest BCUT2D eigenvalue weighted by Crippen LogP contribution is 2.71. The lowest BCUT2D eigenvalue weighted by molar-refractivity contribution is -0.144. The number of ether oxygens (including phenoxy) is 2. The summed E-state index contributed by atoms with van der Waals surface area (Å²) >= 11 is 0. The standard InChI is InChI=1S/C32H26N2O3/c1-36-23-14-12-22-16-27-29(30(35)37-2)28(21-9-4-3-5-10-21)25-15-13-20-8-6-7-11-24(20)32(25,27)31(18-33,19-34)26(22)17-23/h3-12,14,16-17,25,28-29H,13,15H2,1-2H3/t25-,28-,29-,32?/m1/s1. The maximum absolute atomic E-state index is 13.7. The number of nitriles is 2. The minimum Gasteiger partial charge on any atom is -0.497 e. The molecule has 0 radical (unpaired) electrons. The van der Waals surface area contributed by atoms with Gasteiger partial charge in [0.15, 0.2) is 5.41 Å². The molecule has 1 unspecified atom stereocenters. The van der Waals surface area contributed by atoms with E-state index in [9.17, 15) is 15.3 Å². The third-order valence-corrected chi connectivity index (χ3v) is 8.85. The molecular formula is C32H26N2O3. The van der Waals surface area contributed by atoms with Gasteiger partial charge in [-0.15, -0.1) is 0 Å². The summed E-state index contributed by atoms with van der Waals surface area (Å²) in [5.41, 5.74) is 2.68. The summed E-state index contributed by atoms with van der Waals surface area (Å²) in [7, 11) is 2.99. The predicted molar refractivity (Wildman–Crippen MR) is 138 cm³/mol. The molecule has 182 valence electrons. The van der Waals surface area contributed by atoms with E-state index in [-0.39, 0.29) is 17.8 Å². The van der Waals surface area contributed by atoms with Gasteiger partial charge in [-0.3, -0.25) is 4.79 Å². The monoisotopic (exact) mass is 486 g/mol. The molecule has 3 aromatic carbocycles. The lowest BCUT2D eigenvalue weighted by Crippen LogP contribution is -2.55. The van der Waals surface area contributed by atoms with Crippen LogP contribution in [-0.4, -0.2) is 20.2 Å². The molecule has 37 heavy (non-hydrogen) atoms. The number of carbonyl (C=O) groups excluding carboxylic acids is 1. The number of benzene rings is 3. The molecule has 0 saturated heterocycles. The molecule has 0 amide bonds. The Kier molecular flexibility index (Phi) is 5.21. The molecule has 4 atom stereocenters. The first-order chi connectivity index (χ1) is 18.1. The fraction of sp³-hybridized carbons (Fsp3) is 0.281. The summed E-state index contributed by atoms with van der Waals surface area (Å²) in [4.78, 5) is 13.7. The van der Waals surface area contributed by atoms with E-state index < -0.39 is 16.7 Å². The van der Waals surface area contributed by atoms with Gasteiger partial charge in [0.05, 0.1) is 37.7 Å². The maximum Gasteiger partial charge on any atom is 0.313 e. The van der Waals surface area contributed by atoms with Crippen LogP contribution in [0.5, 0.6) is 5.75 Å². The van der Waals surface area contributed by atoms with Gasteiger partial charge in [0.1, 0.15) is 5.75 Å². The van der Waals surface area contributed by atoms with Crippen LogP contribution in [0.15, 0.2) is 78.4 Å². The van der Waals surface area contributed by atoms with Gasteiger partial charge < -0.3 is 9.47 Å². The molecule has 3 aliphatic rings. The van der Waals surface area contributed by atoms with E-state index in [0.29, 0.717) is 11.3 Å². The highest BCUT2D eigenvalue weighted by atomic mass is 16.5. The normalized spacial score (nSPS) is 26.2. The zero-order chi connectivity index (χ0) is 25.8. The van der Waals surface area contributed by atoms with Gasteiger partial charge in [-0.2, -0.15) is 10.5 Å². The van der Waals surface area contributed by atoms with Crippen molar-refractivity contribution in [3.8, 4) is 17.9 Å². The number of rotatable bonds is 3. The number of hydrogen-bond donors (Lipinski definition) is 0. The number of fused-ring (bicyclic) bond motifs is 2. The highest BCUT2D eigenvalue weighted by Gasteiger charge is 2.72. The summed E-state index contributed by atoms with van der Waals surface area (Å²) in [5.74, 6) is -0.790. The Morgan fingerprint density at radius 2 is 1.68 bits per heavy atom. The molecule has 0 heterocycles. The second-order valence-electron chi connectivity index (χ2n) is 10.1. The van der Waals surface area contributed by atoms with Crippen LogP contribution in [-0.2, 0) is 26.8 Å². The lowest BCUT2D eigenvalue weighted by atomic mass is 9.46. The van der Waals surface area contributed by atoms with Gasteiger partial charge in [0.25, 0.3) is 0 Å². The van der Waals surface area contributed by atoms with Crippen molar-refractivity contribution in [1.29, 1.82) is 10.5 Å². The quantitative estimate of drug-likeness (QED) is 0.459. The number of esters is 1. The minimum atomic E-state index is -1.57. The molecule has 0 bridgehead atoms. The fourth-order valence-electron chi connectivity index (χ4n) is 7.56. The molecule has 6 rings (SSSR count). The summed E-state index contributed by atoms with van der Waals surface area (Å²) in [6.45, 7) is 0. The van der Waals surface area contributed by atoms with Crippen molar-refractivity contribution in [2.75, 3.05) is 14.2 Å². The Labute approximate surface area is 216 Å². The summed E-state index contributed by atoms with van der Waals surface area (Å²) in [6, 6.07) is 28.7. The SMILES string of the molecule is COC(=O)[C@@H]1C2=Cc3ccc(OC)cc3C(C#N)(C#N)C23c2ccccc2CC[C@@H]3[C@H]1c1ccccc1. The Hall–Kier alpha value is -4.35. The number of hydrogen-bond acceptors (Lipinski definition) is 5. The smallest absolute Gasteiger partial charge is 0.313 e. The molecule has 0 aromatic heterocycles. The molecule has 1 saturated carbocycles. The Bertz CT molecular complexity index is 1510. The Balaban J connectivity index is 1.79. The van der Waals surface area contributed by atoms with Crippen LogP contribution in [0.25, 0.3) is 6.08 Å². The van der Waals surface area contributed by atoms with E-state index in [0.717, 1.165) is 40.7 Å². The van der Waals surface area contributed by atoms with Crippen molar-refractivity contribution in [2.24, 2.45) is 11.8 Å². The predicted octanol–water partition coefficient (Wildman–Crippen LogP) is 5.46. The molecule has 5 heteroatoms. The molecule has 5 nitrogen and oxygen atoms in total. The average molecular weight is 487 g/mol. The van der Waals surface area contributed by atoms with E-state index in [1.165, 1.54) is 7.11 Å². The molecular weight excluding hydrogens is 460 g/mol. The second kappa shape index (κ2) is 8.36. The van der Waals surface area contributed by atoms with Crippen molar-refractivity contribution in [3.63, 3.8) is 0 Å². The number of carbonyl (C=O) groups is 1. The van der Waals surface area contributed by atoms with E-state index in [2.05, 4.69) is 18.2 Å². The number of nitrogens with zero attached hydrogens (tertiary/aromatic N) is 2. The Morgan fingerprint density at radius 1 is 0.946 bits per heavy atom. The maximum atomic E-state index is 13.7. The van der Waals surface area contributed by atoms with E-state index in [1.807, 2.05) is 72.8 Å². The van der Waals surface area contributed by atoms with Gasteiger partial charge in [0, 0.05) is 5.92 Å². The van der Waals surface area contributed by atoms with Crippen molar-refractivity contribution in [1.82, 2.24) is 0 Å². The Morgan fingerprint density at radius 3 is 2.38 bits per heavy atom. The summed E-state index contributed by atoms with van der Waals surface area (Å²) in [5, 5.41) is 22.1. The van der Waals surface area contributed by atoms with Crippen LogP contribution in [0.2, 0.25) is 0 Å². The lowest BCUT2D eigenvalue weighted by Gasteiger charge is -2.52. The number of methoxy groups -OCH3 is 2. The molecule has 0 aliphatic heterocycles. The van der Waals surface area contributed by atoms with Crippen LogP contribution in [0.3, 0.4) is 0 Å². The first-order valence-electron chi connectivity index (χ1n) is 12.5.